The third kappa shape index (κ3) is 3.62. The van der Waals surface area contributed by atoms with Gasteiger partial charge in [0.1, 0.15) is 13.1 Å². The minimum Gasteiger partial charge on any atom is -0.480 e. The van der Waals surface area contributed by atoms with Crippen molar-refractivity contribution in [2.75, 3.05) is 5.32 Å². The number of nitrogens with zero attached hydrogens (tertiary/aromatic N) is 5. The monoisotopic (exact) mass is 279 g/mol. The maximum atomic E-state index is 11.7. The first-order chi connectivity index (χ1) is 9.56. The van der Waals surface area contributed by atoms with E-state index >= 15 is 0 Å². The van der Waals surface area contributed by atoms with Crippen molar-refractivity contribution in [1.29, 1.82) is 0 Å². The van der Waals surface area contributed by atoms with Crippen molar-refractivity contribution in [2.24, 2.45) is 5.73 Å². The topological polar surface area (TPSA) is 141 Å². The van der Waals surface area contributed by atoms with E-state index in [1.54, 1.807) is 6.20 Å². The standard InChI is InChI=1S/C10H13N7O3/c11-1-7-3-17(15-14-7)5-9(18)13-8-2-12-16(4-8)6-10(19)20/h2-4H,1,5-6,11H2,(H,13,18)(H,19,20). The first-order valence-electron chi connectivity index (χ1n) is 5.70. The van der Waals surface area contributed by atoms with Gasteiger partial charge in [0, 0.05) is 12.7 Å². The Kier molecular flexibility index (Phi) is 4.05. The van der Waals surface area contributed by atoms with Gasteiger partial charge in [-0.25, -0.2) is 4.68 Å². The lowest BCUT2D eigenvalue weighted by Gasteiger charge is -2.01. The van der Waals surface area contributed by atoms with Gasteiger partial charge in [-0.1, -0.05) is 5.21 Å². The number of hydrogen-bond acceptors (Lipinski definition) is 6. The number of amides is 1. The van der Waals surface area contributed by atoms with Crippen LogP contribution in [-0.4, -0.2) is 41.8 Å². The minimum absolute atomic E-state index is 0.0168. The Balaban J connectivity index is 1.90. The number of aliphatic carboxylic acids is 1. The highest BCUT2D eigenvalue weighted by molar-refractivity contribution is 5.90. The molecule has 10 heteroatoms. The van der Waals surface area contributed by atoms with E-state index in [2.05, 4.69) is 20.7 Å². The number of carbonyl (C=O) groups is 2. The molecule has 2 heterocycles. The van der Waals surface area contributed by atoms with E-state index in [0.717, 1.165) is 0 Å². The van der Waals surface area contributed by atoms with Gasteiger partial charge in [0.05, 0.1) is 23.8 Å². The molecule has 0 aromatic carbocycles. The molecule has 0 aliphatic rings. The third-order valence-electron chi connectivity index (χ3n) is 2.32. The van der Waals surface area contributed by atoms with E-state index in [1.807, 2.05) is 0 Å². The number of aromatic nitrogens is 5. The van der Waals surface area contributed by atoms with Gasteiger partial charge in [0.25, 0.3) is 0 Å². The lowest BCUT2D eigenvalue weighted by Crippen LogP contribution is -2.19. The molecule has 0 aliphatic carbocycles. The highest BCUT2D eigenvalue weighted by Gasteiger charge is 2.08. The van der Waals surface area contributed by atoms with Crippen LogP contribution in [0.25, 0.3) is 0 Å². The molecule has 0 fully saturated rings. The molecular weight excluding hydrogens is 266 g/mol. The van der Waals surface area contributed by atoms with E-state index in [-0.39, 0.29) is 25.5 Å². The molecule has 2 rings (SSSR count). The molecule has 0 saturated heterocycles. The second kappa shape index (κ2) is 5.93. The summed E-state index contributed by atoms with van der Waals surface area (Å²) in [5, 5.41) is 22.5. The summed E-state index contributed by atoms with van der Waals surface area (Å²) in [6.07, 6.45) is 4.37. The molecular formula is C10H13N7O3. The molecule has 2 aromatic heterocycles. The molecule has 0 spiro atoms. The third-order valence-corrected chi connectivity index (χ3v) is 2.32. The lowest BCUT2D eigenvalue weighted by atomic mass is 10.4. The Morgan fingerprint density at radius 1 is 1.30 bits per heavy atom. The average Bonchev–Trinajstić information content (AvgIpc) is 2.98. The van der Waals surface area contributed by atoms with Crippen LogP contribution in [-0.2, 0) is 29.2 Å². The second-order valence-corrected chi connectivity index (χ2v) is 3.98. The van der Waals surface area contributed by atoms with Crippen molar-refractivity contribution in [2.45, 2.75) is 19.6 Å². The van der Waals surface area contributed by atoms with E-state index in [9.17, 15) is 9.59 Å². The average molecular weight is 279 g/mol. The zero-order valence-electron chi connectivity index (χ0n) is 10.4. The molecule has 10 nitrogen and oxygen atoms in total. The predicted molar refractivity (Wildman–Crippen MR) is 66.4 cm³/mol. The number of anilines is 1. The fourth-order valence-electron chi connectivity index (χ4n) is 1.51. The van der Waals surface area contributed by atoms with Gasteiger partial charge in [0.2, 0.25) is 5.91 Å². The number of carbonyl (C=O) groups excluding carboxylic acids is 1. The van der Waals surface area contributed by atoms with Crippen LogP contribution in [0.5, 0.6) is 0 Å². The van der Waals surface area contributed by atoms with Crippen molar-refractivity contribution in [3.8, 4) is 0 Å². The Hall–Kier alpha value is -2.75. The molecule has 0 unspecified atom stereocenters. The Morgan fingerprint density at radius 2 is 2.10 bits per heavy atom. The smallest absolute Gasteiger partial charge is 0.325 e. The van der Waals surface area contributed by atoms with Crippen molar-refractivity contribution >= 4 is 17.6 Å². The van der Waals surface area contributed by atoms with Gasteiger partial charge in [-0.2, -0.15) is 5.10 Å². The summed E-state index contributed by atoms with van der Waals surface area (Å²) in [4.78, 5) is 22.2. The molecule has 106 valence electrons. The van der Waals surface area contributed by atoms with Crippen LogP contribution in [0.1, 0.15) is 5.69 Å². The van der Waals surface area contributed by atoms with Crippen molar-refractivity contribution in [3.63, 3.8) is 0 Å². The lowest BCUT2D eigenvalue weighted by molar-refractivity contribution is -0.137. The fraction of sp³-hybridized carbons (Fsp3) is 0.300. The summed E-state index contributed by atoms with van der Waals surface area (Å²) in [5.74, 6) is -1.34. The van der Waals surface area contributed by atoms with Gasteiger partial charge in [-0.05, 0) is 0 Å². The van der Waals surface area contributed by atoms with Crippen LogP contribution in [0.3, 0.4) is 0 Å². The van der Waals surface area contributed by atoms with Crippen LogP contribution >= 0.6 is 0 Å². The first kappa shape index (κ1) is 13.7. The number of nitrogens with two attached hydrogens (primary N) is 1. The molecule has 0 aliphatic heterocycles. The molecule has 0 radical (unpaired) electrons. The van der Waals surface area contributed by atoms with Gasteiger partial charge >= 0.3 is 5.97 Å². The largest absolute Gasteiger partial charge is 0.480 e. The highest BCUT2D eigenvalue weighted by Crippen LogP contribution is 2.05. The molecule has 1 amide bonds. The number of carboxylic acids is 1. The van der Waals surface area contributed by atoms with Gasteiger partial charge < -0.3 is 16.2 Å². The molecule has 0 bridgehead atoms. The number of hydrogen-bond donors (Lipinski definition) is 3. The summed E-state index contributed by atoms with van der Waals surface area (Å²) in [7, 11) is 0. The van der Waals surface area contributed by atoms with Gasteiger partial charge in [0.15, 0.2) is 0 Å². The Bertz CT molecular complexity index is 618. The zero-order valence-corrected chi connectivity index (χ0v) is 10.4. The van der Waals surface area contributed by atoms with Crippen LogP contribution in [0.2, 0.25) is 0 Å². The predicted octanol–water partition coefficient (Wildman–Crippen LogP) is -1.34. The molecule has 20 heavy (non-hydrogen) atoms. The normalized spacial score (nSPS) is 10.4. The van der Waals surface area contributed by atoms with Crippen LogP contribution in [0.4, 0.5) is 5.69 Å². The number of nitrogens with one attached hydrogen (secondary N) is 1. The summed E-state index contributed by atoms with van der Waals surface area (Å²) in [6.45, 7) is -0.0283. The Morgan fingerprint density at radius 3 is 2.75 bits per heavy atom. The van der Waals surface area contributed by atoms with E-state index < -0.39 is 5.97 Å². The van der Waals surface area contributed by atoms with Crippen LogP contribution in [0.15, 0.2) is 18.6 Å². The summed E-state index contributed by atoms with van der Waals surface area (Å²) < 4.78 is 2.57. The van der Waals surface area contributed by atoms with Crippen molar-refractivity contribution in [3.05, 3.63) is 24.3 Å². The summed E-state index contributed by atoms with van der Waals surface area (Å²) in [5.41, 5.74) is 6.39. The zero-order chi connectivity index (χ0) is 14.5. The van der Waals surface area contributed by atoms with Crippen LogP contribution < -0.4 is 11.1 Å². The fourth-order valence-corrected chi connectivity index (χ4v) is 1.51. The molecule has 4 N–H and O–H groups in total. The van der Waals surface area contributed by atoms with E-state index in [0.29, 0.717) is 11.4 Å². The maximum absolute atomic E-state index is 11.7. The van der Waals surface area contributed by atoms with Crippen LogP contribution in [0, 0.1) is 0 Å². The van der Waals surface area contributed by atoms with Gasteiger partial charge in [-0.15, -0.1) is 5.10 Å². The molecule has 0 atom stereocenters. The van der Waals surface area contributed by atoms with Crippen molar-refractivity contribution in [1.82, 2.24) is 24.8 Å². The minimum atomic E-state index is -1.01. The highest BCUT2D eigenvalue weighted by atomic mass is 16.4. The van der Waals surface area contributed by atoms with E-state index in [4.69, 9.17) is 10.8 Å². The maximum Gasteiger partial charge on any atom is 0.325 e. The quantitative estimate of drug-likeness (QED) is 0.594. The SMILES string of the molecule is NCc1cn(CC(=O)Nc2cnn(CC(=O)O)c2)nn1. The van der Waals surface area contributed by atoms with Gasteiger partial charge in [-0.3, -0.25) is 14.3 Å². The van der Waals surface area contributed by atoms with Crippen molar-refractivity contribution < 1.29 is 14.7 Å². The second-order valence-electron chi connectivity index (χ2n) is 3.98. The summed E-state index contributed by atoms with van der Waals surface area (Å²) in [6, 6.07) is 0. The summed E-state index contributed by atoms with van der Waals surface area (Å²) >= 11 is 0. The molecule has 0 saturated carbocycles. The number of rotatable bonds is 6. The number of carboxylic acid groups (broad SMARTS) is 1. The first-order valence-corrected chi connectivity index (χ1v) is 5.70. The Labute approximate surface area is 113 Å². The molecule has 2 aromatic rings. The van der Waals surface area contributed by atoms with E-state index in [1.165, 1.54) is 21.8 Å².